The van der Waals surface area contributed by atoms with Crippen molar-refractivity contribution in [1.29, 1.82) is 0 Å². The molecule has 0 spiro atoms. The number of aromatic nitrogens is 2. The van der Waals surface area contributed by atoms with E-state index in [9.17, 15) is 18.4 Å². The van der Waals surface area contributed by atoms with Gasteiger partial charge in [-0.2, -0.15) is 0 Å². The fourth-order valence-electron chi connectivity index (χ4n) is 3.80. The molecule has 1 aliphatic heterocycles. The second-order valence-corrected chi connectivity index (χ2v) is 7.75. The molecule has 4 aromatic rings. The first-order valence-electron chi connectivity index (χ1n) is 10.6. The number of para-hydroxylation sites is 1. The van der Waals surface area contributed by atoms with Gasteiger partial charge in [-0.25, -0.2) is 8.78 Å². The molecular weight excluding hydrogens is 470 g/mol. The lowest BCUT2D eigenvalue weighted by Gasteiger charge is -2.21. The molecule has 3 heterocycles. The maximum atomic E-state index is 13.9. The summed E-state index contributed by atoms with van der Waals surface area (Å²) in [6.07, 6.45) is 2.91. The van der Waals surface area contributed by atoms with E-state index in [0.29, 0.717) is 17.0 Å². The average molecular weight is 492 g/mol. The minimum Gasteiger partial charge on any atom is -0.489 e. The van der Waals surface area contributed by atoms with Crippen LogP contribution in [0.1, 0.15) is 17.9 Å². The number of hydrogen-bond donors (Lipinski definition) is 1. The van der Waals surface area contributed by atoms with E-state index in [4.69, 9.17) is 9.47 Å². The second kappa shape index (κ2) is 9.95. The molecule has 1 atom stereocenters. The van der Waals surface area contributed by atoms with E-state index < -0.39 is 35.2 Å². The van der Waals surface area contributed by atoms with Crippen molar-refractivity contribution in [1.82, 2.24) is 15.3 Å². The summed E-state index contributed by atoms with van der Waals surface area (Å²) >= 11 is 0. The van der Waals surface area contributed by atoms with Gasteiger partial charge in [0.1, 0.15) is 29.8 Å². The van der Waals surface area contributed by atoms with Gasteiger partial charge in [-0.05, 0) is 42.5 Å². The molecule has 0 bridgehead atoms. The van der Waals surface area contributed by atoms with E-state index in [1.54, 1.807) is 31.4 Å². The van der Waals surface area contributed by atoms with Crippen LogP contribution in [0.15, 0.2) is 67.0 Å². The van der Waals surface area contributed by atoms with Crippen molar-refractivity contribution < 1.29 is 27.8 Å². The first-order valence-corrected chi connectivity index (χ1v) is 10.6. The molecule has 2 aromatic heterocycles. The van der Waals surface area contributed by atoms with Crippen molar-refractivity contribution >= 4 is 28.4 Å². The van der Waals surface area contributed by atoms with E-state index >= 15 is 0 Å². The van der Waals surface area contributed by atoms with Gasteiger partial charge in [0.05, 0.1) is 11.2 Å². The quantitative estimate of drug-likeness (QED) is 0.451. The predicted octanol–water partition coefficient (Wildman–Crippen LogP) is 4.49. The number of anilines is 1. The lowest BCUT2D eigenvalue weighted by atomic mass is 10.1. The van der Waals surface area contributed by atoms with Crippen LogP contribution < -0.4 is 19.7 Å². The first kappa shape index (κ1) is 24.5. The summed E-state index contributed by atoms with van der Waals surface area (Å²) in [6.45, 7) is -0.107. The van der Waals surface area contributed by atoms with Crippen LogP contribution in [0.5, 0.6) is 17.2 Å². The molecular formula is C26H22F2N4O4. The molecule has 0 unspecified atom stereocenters. The maximum absolute atomic E-state index is 13.9. The van der Waals surface area contributed by atoms with Crippen LogP contribution in [0.3, 0.4) is 0 Å². The number of pyridine rings is 2. The summed E-state index contributed by atoms with van der Waals surface area (Å²) in [4.78, 5) is 35.8. The summed E-state index contributed by atoms with van der Waals surface area (Å²) < 4.78 is 39.0. The summed E-state index contributed by atoms with van der Waals surface area (Å²) in [6, 6.07) is 12.0. The Bertz CT molecular complexity index is 1440. The standard InChI is InChI=1S/C25H18F2N4O4.CH4/c1-31-22-15-4-3-10-28-18(15)7-8-21(22)34-13-20(25(31)33)30-24(32)19-12-14(9-11-29-19)35-23-16(26)5-2-6-17(23)27;/h2-12,20H,13H2,1H3,(H,30,32);1H4/t20-;/m0./s1. The van der Waals surface area contributed by atoms with Crippen molar-refractivity contribution in [2.75, 3.05) is 18.6 Å². The third kappa shape index (κ3) is 4.52. The Morgan fingerprint density at radius 3 is 2.64 bits per heavy atom. The highest BCUT2D eigenvalue weighted by atomic mass is 19.1. The molecule has 0 fully saturated rings. The number of nitrogens with one attached hydrogen (secondary N) is 1. The van der Waals surface area contributed by atoms with Crippen LogP contribution in [0, 0.1) is 11.6 Å². The third-order valence-corrected chi connectivity index (χ3v) is 5.50. The van der Waals surface area contributed by atoms with Gasteiger partial charge in [0.25, 0.3) is 11.8 Å². The van der Waals surface area contributed by atoms with Gasteiger partial charge in [-0.3, -0.25) is 19.6 Å². The summed E-state index contributed by atoms with van der Waals surface area (Å²) in [5, 5.41) is 3.35. The highest BCUT2D eigenvalue weighted by molar-refractivity contribution is 6.08. The normalized spacial score (nSPS) is 14.8. The Labute approximate surface area is 205 Å². The Balaban J connectivity index is 0.00000304. The molecule has 8 nitrogen and oxygen atoms in total. The zero-order valence-corrected chi connectivity index (χ0v) is 18.4. The van der Waals surface area contributed by atoms with Crippen molar-refractivity contribution in [2.45, 2.75) is 13.5 Å². The number of likely N-dealkylation sites (N-methyl/N-ethyl adjacent to an activating group) is 1. The van der Waals surface area contributed by atoms with E-state index in [1.807, 2.05) is 6.07 Å². The van der Waals surface area contributed by atoms with Gasteiger partial charge in [0, 0.05) is 30.9 Å². The minimum absolute atomic E-state index is 0. The Kier molecular flexibility index (Phi) is 6.77. The number of carbonyl (C=O) groups excluding carboxylic acids is 2. The number of amides is 2. The molecule has 0 aliphatic carbocycles. The summed E-state index contributed by atoms with van der Waals surface area (Å²) in [5.41, 5.74) is 1.15. The zero-order chi connectivity index (χ0) is 24.5. The fourth-order valence-corrected chi connectivity index (χ4v) is 3.80. The molecule has 1 aliphatic rings. The molecule has 0 radical (unpaired) electrons. The van der Waals surface area contributed by atoms with E-state index in [-0.39, 0.29) is 25.5 Å². The number of ether oxygens (including phenoxy) is 2. The van der Waals surface area contributed by atoms with Crippen molar-refractivity contribution in [2.24, 2.45) is 0 Å². The van der Waals surface area contributed by atoms with E-state index in [1.165, 1.54) is 29.3 Å². The van der Waals surface area contributed by atoms with Crippen LogP contribution in [-0.2, 0) is 4.79 Å². The first-order chi connectivity index (χ1) is 16.9. The number of nitrogens with zero attached hydrogens (tertiary/aromatic N) is 3. The number of rotatable bonds is 4. The summed E-state index contributed by atoms with van der Waals surface area (Å²) in [7, 11) is 1.59. The van der Waals surface area contributed by atoms with Crippen molar-refractivity contribution in [3.8, 4) is 17.2 Å². The predicted molar refractivity (Wildman–Crippen MR) is 129 cm³/mol. The van der Waals surface area contributed by atoms with Crippen LogP contribution in [-0.4, -0.2) is 41.5 Å². The Morgan fingerprint density at radius 2 is 1.86 bits per heavy atom. The zero-order valence-electron chi connectivity index (χ0n) is 18.4. The summed E-state index contributed by atoms with van der Waals surface area (Å²) in [5.74, 6) is -2.97. The van der Waals surface area contributed by atoms with Gasteiger partial charge in [0.15, 0.2) is 17.4 Å². The molecule has 0 saturated carbocycles. The molecule has 1 N–H and O–H groups in total. The molecule has 5 rings (SSSR count). The van der Waals surface area contributed by atoms with Crippen molar-refractivity contribution in [3.05, 3.63) is 84.3 Å². The minimum atomic E-state index is -1.01. The molecule has 2 amide bonds. The smallest absolute Gasteiger partial charge is 0.270 e. The lowest BCUT2D eigenvalue weighted by Crippen LogP contribution is -2.49. The van der Waals surface area contributed by atoms with Gasteiger partial charge in [-0.15, -0.1) is 0 Å². The van der Waals surface area contributed by atoms with Crippen LogP contribution in [0.25, 0.3) is 10.9 Å². The SMILES string of the molecule is C.CN1C(=O)[C@@H](NC(=O)c2cc(Oc3c(F)cccc3F)ccn2)COc2ccc3ncccc3c21. The van der Waals surface area contributed by atoms with Crippen molar-refractivity contribution in [3.63, 3.8) is 0 Å². The molecule has 36 heavy (non-hydrogen) atoms. The number of benzene rings is 2. The highest BCUT2D eigenvalue weighted by Crippen LogP contribution is 2.37. The average Bonchev–Trinajstić information content (AvgIpc) is 2.98. The lowest BCUT2D eigenvalue weighted by molar-refractivity contribution is -0.120. The van der Waals surface area contributed by atoms with Gasteiger partial charge < -0.3 is 19.7 Å². The van der Waals surface area contributed by atoms with Gasteiger partial charge in [-0.1, -0.05) is 13.5 Å². The molecule has 184 valence electrons. The highest BCUT2D eigenvalue weighted by Gasteiger charge is 2.32. The largest absolute Gasteiger partial charge is 0.489 e. The maximum Gasteiger partial charge on any atom is 0.270 e. The molecule has 10 heteroatoms. The number of fused-ring (bicyclic) bond motifs is 3. The second-order valence-electron chi connectivity index (χ2n) is 7.75. The third-order valence-electron chi connectivity index (χ3n) is 5.50. The number of halogens is 2. The number of hydrogen-bond acceptors (Lipinski definition) is 6. The van der Waals surface area contributed by atoms with E-state index in [2.05, 4.69) is 15.3 Å². The fraction of sp³-hybridized carbons (Fsp3) is 0.154. The van der Waals surface area contributed by atoms with Gasteiger partial charge >= 0.3 is 0 Å². The monoisotopic (exact) mass is 492 g/mol. The molecule has 2 aromatic carbocycles. The van der Waals surface area contributed by atoms with Crippen LogP contribution >= 0.6 is 0 Å². The van der Waals surface area contributed by atoms with Crippen LogP contribution in [0.2, 0.25) is 0 Å². The molecule has 0 saturated heterocycles. The van der Waals surface area contributed by atoms with Gasteiger partial charge in [0.2, 0.25) is 0 Å². The Morgan fingerprint density at radius 1 is 1.08 bits per heavy atom. The van der Waals surface area contributed by atoms with E-state index in [0.717, 1.165) is 17.5 Å². The topological polar surface area (TPSA) is 93.7 Å². The van der Waals surface area contributed by atoms with Crippen LogP contribution in [0.4, 0.5) is 14.5 Å². The Hall–Kier alpha value is -4.60. The number of carbonyl (C=O) groups is 2.